The number of carbonyl (C=O) groups is 1. The van der Waals surface area contributed by atoms with E-state index < -0.39 is 30.9 Å². The third-order valence-electron chi connectivity index (χ3n) is 3.92. The van der Waals surface area contributed by atoms with Gasteiger partial charge in [0.15, 0.2) is 12.3 Å². The zero-order valence-corrected chi connectivity index (χ0v) is 13.5. The van der Waals surface area contributed by atoms with Crippen LogP contribution in [0.2, 0.25) is 0 Å². The number of unbranched alkanes of at least 4 members (excludes halogenated alkanes) is 3. The fourth-order valence-corrected chi connectivity index (χ4v) is 2.57. The Hall–Kier alpha value is -0.880. The molecule has 0 heterocycles. The fraction of sp³-hybridized carbons (Fsp3) is 0.938. The molecule has 0 rings (SSSR count). The number of hydrogen-bond acceptors (Lipinski definition) is 1. The molecular formula is C16H27F5O2. The summed E-state index contributed by atoms with van der Waals surface area (Å²) in [5, 5.41) is 8.61. The van der Waals surface area contributed by atoms with Crippen LogP contribution in [0, 0.1) is 5.92 Å². The molecule has 7 heteroatoms. The maximum Gasteiger partial charge on any atom is 0.303 e. The van der Waals surface area contributed by atoms with E-state index in [1.165, 1.54) is 0 Å². The maximum absolute atomic E-state index is 13.8. The van der Waals surface area contributed by atoms with Crippen LogP contribution in [0.4, 0.5) is 22.0 Å². The van der Waals surface area contributed by atoms with Gasteiger partial charge in [-0.3, -0.25) is 4.79 Å². The number of carboxylic acids is 1. The minimum absolute atomic E-state index is 0.0791. The first-order valence-corrected chi connectivity index (χ1v) is 8.21. The molecule has 0 aromatic rings. The molecule has 0 aliphatic carbocycles. The van der Waals surface area contributed by atoms with E-state index in [4.69, 9.17) is 5.11 Å². The van der Waals surface area contributed by atoms with Gasteiger partial charge >= 0.3 is 5.97 Å². The van der Waals surface area contributed by atoms with Crippen LogP contribution >= 0.6 is 0 Å². The van der Waals surface area contributed by atoms with Crippen molar-refractivity contribution in [1.82, 2.24) is 0 Å². The Morgan fingerprint density at radius 1 is 0.913 bits per heavy atom. The van der Waals surface area contributed by atoms with Crippen LogP contribution < -0.4 is 0 Å². The summed E-state index contributed by atoms with van der Waals surface area (Å²) in [6.07, 6.45) is -7.25. The average molecular weight is 346 g/mol. The lowest BCUT2D eigenvalue weighted by Crippen LogP contribution is -2.34. The Kier molecular flexibility index (Phi) is 12.1. The van der Waals surface area contributed by atoms with E-state index in [2.05, 4.69) is 0 Å². The largest absolute Gasteiger partial charge is 0.481 e. The van der Waals surface area contributed by atoms with Gasteiger partial charge in [0.25, 0.3) is 6.43 Å². The van der Waals surface area contributed by atoms with Gasteiger partial charge in [0.1, 0.15) is 6.17 Å². The van der Waals surface area contributed by atoms with Crippen LogP contribution in [0.15, 0.2) is 0 Å². The number of carboxylic acid groups (broad SMARTS) is 1. The molecule has 0 aromatic heterocycles. The Labute approximate surface area is 134 Å². The lowest BCUT2D eigenvalue weighted by molar-refractivity contribution is -0.137. The van der Waals surface area contributed by atoms with Gasteiger partial charge in [-0.05, 0) is 25.2 Å². The number of alkyl halides is 5. The third kappa shape index (κ3) is 10.5. The third-order valence-corrected chi connectivity index (χ3v) is 3.92. The van der Waals surface area contributed by atoms with Crippen LogP contribution in [0.5, 0.6) is 0 Å². The second-order valence-corrected chi connectivity index (χ2v) is 5.98. The van der Waals surface area contributed by atoms with Crippen LogP contribution in [0.25, 0.3) is 0 Å². The van der Waals surface area contributed by atoms with Crippen molar-refractivity contribution in [2.45, 2.75) is 89.7 Å². The van der Waals surface area contributed by atoms with Crippen molar-refractivity contribution in [1.29, 1.82) is 0 Å². The molecular weight excluding hydrogens is 319 g/mol. The summed E-state index contributed by atoms with van der Waals surface area (Å²) < 4.78 is 64.2. The standard InChI is InChI=1S/C16H27F5O2/c1-2-3-4-5-7-11(8-6-9-13(22)23)10-12(17)14(18)15(19)16(20)21/h11-12,14-16H,2-10H2,1H3,(H,22,23). The van der Waals surface area contributed by atoms with Crippen molar-refractivity contribution in [2.24, 2.45) is 5.92 Å². The molecule has 0 spiro atoms. The van der Waals surface area contributed by atoms with Crippen LogP contribution in [0.1, 0.15) is 64.7 Å². The summed E-state index contributed by atoms with van der Waals surface area (Å²) in [4.78, 5) is 10.5. The summed E-state index contributed by atoms with van der Waals surface area (Å²) >= 11 is 0. The molecule has 4 atom stereocenters. The lowest BCUT2D eigenvalue weighted by Gasteiger charge is -2.22. The van der Waals surface area contributed by atoms with Gasteiger partial charge in [0.2, 0.25) is 0 Å². The minimum atomic E-state index is -3.54. The van der Waals surface area contributed by atoms with Gasteiger partial charge in [-0.2, -0.15) is 0 Å². The van der Waals surface area contributed by atoms with Crippen molar-refractivity contribution < 1.29 is 31.9 Å². The van der Waals surface area contributed by atoms with Crippen LogP contribution in [-0.4, -0.2) is 36.0 Å². The molecule has 0 amide bonds. The first kappa shape index (κ1) is 22.1. The smallest absolute Gasteiger partial charge is 0.303 e. The second-order valence-electron chi connectivity index (χ2n) is 5.98. The molecule has 0 saturated heterocycles. The fourth-order valence-electron chi connectivity index (χ4n) is 2.57. The molecule has 138 valence electrons. The predicted molar refractivity (Wildman–Crippen MR) is 79.0 cm³/mol. The van der Waals surface area contributed by atoms with E-state index >= 15 is 0 Å². The van der Waals surface area contributed by atoms with Gasteiger partial charge in [0.05, 0.1) is 0 Å². The SMILES string of the molecule is CCCCCCC(CCCC(=O)O)CC(F)C(F)C(F)C(F)F. The lowest BCUT2D eigenvalue weighted by atomic mass is 9.89. The van der Waals surface area contributed by atoms with Crippen LogP contribution in [0.3, 0.4) is 0 Å². The second kappa shape index (κ2) is 12.5. The molecule has 0 aliphatic rings. The van der Waals surface area contributed by atoms with Crippen LogP contribution in [-0.2, 0) is 4.79 Å². The van der Waals surface area contributed by atoms with E-state index in [0.29, 0.717) is 19.3 Å². The molecule has 0 bridgehead atoms. The van der Waals surface area contributed by atoms with Gasteiger partial charge in [-0.15, -0.1) is 0 Å². The molecule has 0 fully saturated rings. The number of aliphatic carboxylic acids is 1. The van der Waals surface area contributed by atoms with Crippen molar-refractivity contribution >= 4 is 5.97 Å². The first-order chi connectivity index (χ1) is 10.8. The molecule has 2 nitrogen and oxygen atoms in total. The maximum atomic E-state index is 13.8. The predicted octanol–water partition coefficient (Wildman–Crippen LogP) is 5.50. The summed E-state index contributed by atoms with van der Waals surface area (Å²) in [7, 11) is 0. The highest BCUT2D eigenvalue weighted by molar-refractivity contribution is 5.66. The number of hydrogen-bond donors (Lipinski definition) is 1. The van der Waals surface area contributed by atoms with Crippen molar-refractivity contribution in [3.63, 3.8) is 0 Å². The normalized spacial score (nSPS) is 17.0. The number of rotatable bonds is 14. The minimum Gasteiger partial charge on any atom is -0.481 e. The van der Waals surface area contributed by atoms with Gasteiger partial charge < -0.3 is 5.11 Å². The Bertz CT molecular complexity index is 315. The van der Waals surface area contributed by atoms with Crippen molar-refractivity contribution in [3.8, 4) is 0 Å². The monoisotopic (exact) mass is 346 g/mol. The van der Waals surface area contributed by atoms with E-state index in [1.54, 1.807) is 0 Å². The summed E-state index contributed by atoms with van der Waals surface area (Å²) in [5.41, 5.74) is 0. The Morgan fingerprint density at radius 2 is 1.52 bits per heavy atom. The van der Waals surface area contributed by atoms with E-state index in [-0.39, 0.29) is 18.8 Å². The highest BCUT2D eigenvalue weighted by Crippen LogP contribution is 2.28. The molecule has 1 N–H and O–H groups in total. The highest BCUT2D eigenvalue weighted by atomic mass is 19.3. The summed E-state index contributed by atoms with van der Waals surface area (Å²) in [5.74, 6) is -1.29. The number of halogens is 5. The summed E-state index contributed by atoms with van der Waals surface area (Å²) in [6.45, 7) is 2.03. The van der Waals surface area contributed by atoms with Crippen molar-refractivity contribution in [3.05, 3.63) is 0 Å². The first-order valence-electron chi connectivity index (χ1n) is 8.21. The highest BCUT2D eigenvalue weighted by Gasteiger charge is 2.37. The zero-order valence-electron chi connectivity index (χ0n) is 13.5. The Morgan fingerprint density at radius 3 is 2.04 bits per heavy atom. The molecule has 4 unspecified atom stereocenters. The zero-order chi connectivity index (χ0) is 17.8. The molecule has 23 heavy (non-hydrogen) atoms. The Balaban J connectivity index is 4.42. The van der Waals surface area contributed by atoms with E-state index in [1.807, 2.05) is 6.92 Å². The van der Waals surface area contributed by atoms with Gasteiger partial charge in [-0.25, -0.2) is 22.0 Å². The summed E-state index contributed by atoms with van der Waals surface area (Å²) in [6, 6.07) is 0. The van der Waals surface area contributed by atoms with Gasteiger partial charge in [-0.1, -0.05) is 39.0 Å². The molecule has 0 aromatic carbocycles. The molecule has 0 saturated carbocycles. The topological polar surface area (TPSA) is 37.3 Å². The van der Waals surface area contributed by atoms with E-state index in [9.17, 15) is 26.7 Å². The van der Waals surface area contributed by atoms with Crippen molar-refractivity contribution in [2.75, 3.05) is 0 Å². The average Bonchev–Trinajstić information content (AvgIpc) is 2.49. The molecule has 0 radical (unpaired) electrons. The molecule has 0 aliphatic heterocycles. The quantitative estimate of drug-likeness (QED) is 0.333. The van der Waals surface area contributed by atoms with Gasteiger partial charge in [0, 0.05) is 6.42 Å². The van der Waals surface area contributed by atoms with E-state index in [0.717, 1.165) is 25.7 Å².